The van der Waals surface area contributed by atoms with Crippen molar-refractivity contribution in [1.29, 1.82) is 0 Å². The van der Waals surface area contributed by atoms with Gasteiger partial charge in [-0.1, -0.05) is 0 Å². The number of aliphatic hydroxyl groups is 26. The Hall–Kier alpha value is -3.39. The van der Waals surface area contributed by atoms with Gasteiger partial charge in [0.05, 0.1) is 65.1 Å². The van der Waals surface area contributed by atoms with Crippen LogP contribution in [-0.4, -0.2) is 504 Å². The molecule has 49 atom stereocenters. The summed E-state index contributed by atoms with van der Waals surface area (Å²) in [5, 5.41) is 296. The molecule has 672 valence electrons. The standard InChI is InChI=1S/C65H109N3O48/c1-14-30(77)40(87)46(93)59(101-14)98-11-24-35(82)38(85)27(66-16(3)74)57(108-24)115-54-44(91)36(83)25(12-99-60-47(94)42(89)32(79)19(6-69)104-60)109-64(54)100-13-26-37(84)53(114-63-49(96)43(90)33(80)20(7-70)105-63)55(116-62-45(92)34(81)21(8-71)106-62)65(110-26)111-50-22(9-72)107-58(28(39(50)86)67-17(4)75)112-51-23(10-73)103-56(97)29(68-18(5)76)52(51)113-61-48(95)41(88)31(78)15(2)102-61/h14-15,19-65,69-73,77-97H,6-13H2,1-5H3,(H,66,74)(H,67,75)(H,68,76)/t14-,15-,19+,20+,21+,22+,23+,24+,25+,26+,27+,28+,29+,30+,31+,32+,33+,34-,35+,36+,37+,38+,39+,40+,41+,42-,43-,44-,45+,46-,47-,48-,49-,50+,51+,52+,53-,54-,55-,56+,57-,58-,59+,60-,61-,62-,63+,64-,65-/m0/s1. The zero-order chi connectivity index (χ0) is 85.2. The molecule has 10 rings (SSSR count). The van der Waals surface area contributed by atoms with Gasteiger partial charge in [-0.15, -0.1) is 0 Å². The van der Waals surface area contributed by atoms with Gasteiger partial charge >= 0.3 is 0 Å². The number of carbonyl (C=O) groups excluding carboxylic acids is 3. The van der Waals surface area contributed by atoms with E-state index in [9.17, 15) is 147 Å². The van der Waals surface area contributed by atoms with Gasteiger partial charge in [0.2, 0.25) is 17.7 Å². The van der Waals surface area contributed by atoms with Crippen LogP contribution in [0.3, 0.4) is 0 Å². The summed E-state index contributed by atoms with van der Waals surface area (Å²) in [7, 11) is 0. The van der Waals surface area contributed by atoms with Gasteiger partial charge in [-0.05, 0) is 13.8 Å². The lowest BCUT2D eigenvalue weighted by atomic mass is 9.93. The number of hydrogen-bond donors (Lipinski definition) is 29. The Morgan fingerprint density at radius 1 is 0.241 bits per heavy atom. The van der Waals surface area contributed by atoms with E-state index in [4.69, 9.17) is 90.0 Å². The quantitative estimate of drug-likeness (QED) is 0.0331. The van der Waals surface area contributed by atoms with E-state index in [1.807, 2.05) is 0 Å². The molecule has 29 N–H and O–H groups in total. The van der Waals surface area contributed by atoms with Gasteiger partial charge in [0.15, 0.2) is 62.9 Å². The van der Waals surface area contributed by atoms with Gasteiger partial charge in [0.25, 0.3) is 0 Å². The van der Waals surface area contributed by atoms with Gasteiger partial charge in [0.1, 0.15) is 226 Å². The SMILES string of the molecule is CC(=O)N[C@@H]1[C@@H](O[C@@H]2O[C@@H](C)[C@@H](O)[C@@H](O)[C@@H]2O)[C@H](O[C@@H]2O[C@H](CO)[C@@H](O[C@@H]3O[C@H](CO[C@H]4O[C@H](CO[C@H]5O[C@H](CO)[C@@H](O)[C@H](O)[C@@H]5O)[C@@H](O)[C@H](O)[C@@H]4O[C@@H]4O[C@H](CO[C@@H]5O[C@@H](C)[C@@H](O)[C@@H](O)[C@@H]5O)[C@@H](O)[C@H](O)[C@H]4NC(C)=O)[C@@H](O)[C@H](O[C@H]4O[C@H](CO)[C@@H](O)[C@H](O)[C@@H]4O)[C@@H]3O[C@@H]3O[C@H](CO)[C@H](O)[C@H]3O)[C@H](O)[C@H]2NC(C)=O)[C@@H](CO)O[C@H]1O. The van der Waals surface area contributed by atoms with Crippen molar-refractivity contribution >= 4 is 17.7 Å². The zero-order valence-corrected chi connectivity index (χ0v) is 62.6. The third-order valence-electron chi connectivity index (χ3n) is 21.6. The summed E-state index contributed by atoms with van der Waals surface area (Å²) in [5.41, 5.74) is 0. The summed E-state index contributed by atoms with van der Waals surface area (Å²) < 4.78 is 114. The van der Waals surface area contributed by atoms with E-state index in [-0.39, 0.29) is 0 Å². The van der Waals surface area contributed by atoms with Crippen molar-refractivity contribution in [3.63, 3.8) is 0 Å². The smallest absolute Gasteiger partial charge is 0.217 e. The fourth-order valence-electron chi connectivity index (χ4n) is 15.0. The summed E-state index contributed by atoms with van der Waals surface area (Å²) in [4.78, 5) is 39.0. The summed E-state index contributed by atoms with van der Waals surface area (Å²) in [6.45, 7) is -3.19. The van der Waals surface area contributed by atoms with Crippen molar-refractivity contribution < 1.29 is 237 Å². The van der Waals surface area contributed by atoms with Crippen LogP contribution in [0.4, 0.5) is 0 Å². The molecule has 0 radical (unpaired) electrons. The molecule has 10 fully saturated rings. The zero-order valence-electron chi connectivity index (χ0n) is 62.6. The Bertz CT molecular complexity index is 3080. The Balaban J connectivity index is 1.02. The molecule has 0 aromatic rings. The highest BCUT2D eigenvalue weighted by molar-refractivity contribution is 5.74. The molecule has 3 amide bonds. The van der Waals surface area contributed by atoms with Gasteiger partial charge in [-0.2, -0.15) is 0 Å². The Labute approximate surface area is 657 Å². The lowest BCUT2D eigenvalue weighted by Crippen LogP contribution is -2.71. The van der Waals surface area contributed by atoms with Crippen LogP contribution in [0.2, 0.25) is 0 Å². The number of ether oxygens (including phenoxy) is 19. The summed E-state index contributed by atoms with van der Waals surface area (Å²) >= 11 is 0. The molecule has 0 unspecified atom stereocenters. The highest BCUT2D eigenvalue weighted by Crippen LogP contribution is 2.41. The first-order valence-electron chi connectivity index (χ1n) is 37.3. The fraction of sp³-hybridized carbons (Fsp3) is 0.954. The van der Waals surface area contributed by atoms with E-state index in [1.54, 1.807) is 0 Å². The molecular formula is C65H109N3O48. The van der Waals surface area contributed by atoms with Crippen LogP contribution in [0, 0.1) is 0 Å². The fourth-order valence-corrected chi connectivity index (χ4v) is 15.0. The van der Waals surface area contributed by atoms with Crippen LogP contribution < -0.4 is 16.0 Å². The molecule has 51 nitrogen and oxygen atoms in total. The average Bonchev–Trinajstić information content (AvgIpc) is 0.898. The number of aliphatic hydroxyl groups excluding tert-OH is 26. The monoisotopic (exact) mass is 1700 g/mol. The van der Waals surface area contributed by atoms with E-state index in [0.717, 1.165) is 20.8 Å². The number of rotatable bonds is 29. The minimum atomic E-state index is -2.51. The van der Waals surface area contributed by atoms with Crippen molar-refractivity contribution in [2.24, 2.45) is 0 Å². The molecule has 0 bridgehead atoms. The first-order valence-corrected chi connectivity index (χ1v) is 37.3. The molecule has 0 aliphatic carbocycles. The average molecular weight is 1700 g/mol. The molecule has 0 spiro atoms. The molecule has 0 saturated carbocycles. The summed E-state index contributed by atoms with van der Waals surface area (Å²) in [6, 6.07) is -5.72. The normalized spacial score (nSPS) is 51.0. The predicted octanol–water partition coefficient (Wildman–Crippen LogP) is -19.7. The lowest BCUT2D eigenvalue weighted by molar-refractivity contribution is -0.401. The second-order valence-corrected chi connectivity index (χ2v) is 29.8. The molecule has 10 saturated heterocycles. The number of amides is 3. The van der Waals surface area contributed by atoms with Crippen molar-refractivity contribution in [3.8, 4) is 0 Å². The van der Waals surface area contributed by atoms with Gasteiger partial charge in [-0.25, -0.2) is 0 Å². The van der Waals surface area contributed by atoms with Crippen molar-refractivity contribution in [2.75, 3.05) is 52.9 Å². The number of hydrogen-bond acceptors (Lipinski definition) is 48. The lowest BCUT2D eigenvalue weighted by Gasteiger charge is -2.51. The number of nitrogens with one attached hydrogen (secondary N) is 3. The van der Waals surface area contributed by atoms with E-state index in [2.05, 4.69) is 16.0 Å². The van der Waals surface area contributed by atoms with E-state index < -0.39 is 371 Å². The third-order valence-corrected chi connectivity index (χ3v) is 21.6. The maximum Gasteiger partial charge on any atom is 0.217 e. The summed E-state index contributed by atoms with van der Waals surface area (Å²) in [6.07, 6.45) is -93.9. The van der Waals surface area contributed by atoms with E-state index >= 15 is 0 Å². The highest BCUT2D eigenvalue weighted by atomic mass is 16.8. The molecule has 116 heavy (non-hydrogen) atoms. The molecule has 51 heteroatoms. The molecule has 0 aromatic heterocycles. The minimum absolute atomic E-state index is 0.860. The van der Waals surface area contributed by atoms with Crippen molar-refractivity contribution in [1.82, 2.24) is 16.0 Å². The molecule has 10 heterocycles. The molecule has 10 aliphatic rings. The molecule has 0 aromatic carbocycles. The van der Waals surface area contributed by atoms with Crippen LogP contribution >= 0.6 is 0 Å². The van der Waals surface area contributed by atoms with Crippen LogP contribution in [0.5, 0.6) is 0 Å². The maximum atomic E-state index is 13.4. The maximum absolute atomic E-state index is 13.4. The van der Waals surface area contributed by atoms with Gasteiger partial charge < -0.3 is 239 Å². The topological polar surface area (TPSA) is 789 Å². The van der Waals surface area contributed by atoms with Gasteiger partial charge in [0, 0.05) is 20.8 Å². The summed E-state index contributed by atoms with van der Waals surface area (Å²) in [5.74, 6) is -2.79. The Morgan fingerprint density at radius 2 is 0.543 bits per heavy atom. The van der Waals surface area contributed by atoms with Crippen molar-refractivity contribution in [3.05, 3.63) is 0 Å². The predicted molar refractivity (Wildman–Crippen MR) is 356 cm³/mol. The van der Waals surface area contributed by atoms with E-state index in [1.165, 1.54) is 13.8 Å². The van der Waals surface area contributed by atoms with Crippen molar-refractivity contribution in [2.45, 2.75) is 335 Å². The Kier molecular flexibility index (Phi) is 33.5. The van der Waals surface area contributed by atoms with Crippen LogP contribution in [-0.2, 0) is 104 Å². The highest BCUT2D eigenvalue weighted by Gasteiger charge is 2.62. The van der Waals surface area contributed by atoms with Crippen LogP contribution in [0.15, 0.2) is 0 Å². The first kappa shape index (κ1) is 94.9. The van der Waals surface area contributed by atoms with Gasteiger partial charge in [-0.3, -0.25) is 14.4 Å². The molecule has 10 aliphatic heterocycles. The molecular weight excluding hydrogens is 1590 g/mol. The number of carbonyl (C=O) groups is 3. The first-order chi connectivity index (χ1) is 54.8. The second kappa shape index (κ2) is 40.9. The minimum Gasteiger partial charge on any atom is -0.394 e. The second-order valence-electron chi connectivity index (χ2n) is 29.8. The van der Waals surface area contributed by atoms with Crippen LogP contribution in [0.25, 0.3) is 0 Å². The Morgan fingerprint density at radius 3 is 1.03 bits per heavy atom. The van der Waals surface area contributed by atoms with E-state index in [0.29, 0.717) is 0 Å². The van der Waals surface area contributed by atoms with Crippen LogP contribution in [0.1, 0.15) is 34.6 Å². The third kappa shape index (κ3) is 20.7. The largest absolute Gasteiger partial charge is 0.394 e.